The minimum Gasteiger partial charge on any atom is -0.456 e. The Morgan fingerprint density at radius 1 is 1.30 bits per heavy atom. The summed E-state index contributed by atoms with van der Waals surface area (Å²) in [6.45, 7) is 3.85. The highest BCUT2D eigenvalue weighted by molar-refractivity contribution is 7.91. The van der Waals surface area contributed by atoms with Gasteiger partial charge in [0.15, 0.2) is 22.2 Å². The second-order valence-electron chi connectivity index (χ2n) is 7.06. The molecule has 0 radical (unpaired) electrons. The molecule has 7 nitrogen and oxygen atoms in total. The van der Waals surface area contributed by atoms with Gasteiger partial charge in [0.2, 0.25) is 0 Å². The van der Waals surface area contributed by atoms with Crippen molar-refractivity contribution in [2.24, 2.45) is 5.92 Å². The van der Waals surface area contributed by atoms with Crippen molar-refractivity contribution in [1.29, 1.82) is 0 Å². The summed E-state index contributed by atoms with van der Waals surface area (Å²) in [4.78, 5) is 38.3. The van der Waals surface area contributed by atoms with Crippen LogP contribution in [-0.2, 0) is 24.2 Å². The number of nitrogens with zero attached hydrogens (tertiary/aromatic N) is 1. The quantitative estimate of drug-likeness (QED) is 0.451. The molecular formula is C18H25NO6S2. The zero-order valence-corrected chi connectivity index (χ0v) is 17.2. The van der Waals surface area contributed by atoms with Gasteiger partial charge >= 0.3 is 5.97 Å². The lowest BCUT2D eigenvalue weighted by molar-refractivity contribution is -0.153. The Morgan fingerprint density at radius 2 is 2.04 bits per heavy atom. The molecule has 1 aromatic rings. The number of ketones is 1. The maximum absolute atomic E-state index is 12.5. The van der Waals surface area contributed by atoms with Gasteiger partial charge in [0, 0.05) is 19.0 Å². The highest BCUT2D eigenvalue weighted by Gasteiger charge is 2.35. The fraction of sp³-hybridized carbons (Fsp3) is 0.611. The van der Waals surface area contributed by atoms with E-state index in [2.05, 4.69) is 0 Å². The van der Waals surface area contributed by atoms with Crippen LogP contribution in [0.3, 0.4) is 0 Å². The van der Waals surface area contributed by atoms with Gasteiger partial charge in [-0.1, -0.05) is 19.9 Å². The molecular weight excluding hydrogens is 390 g/mol. The van der Waals surface area contributed by atoms with Gasteiger partial charge in [0.05, 0.1) is 22.8 Å². The molecule has 1 saturated heterocycles. The van der Waals surface area contributed by atoms with Crippen LogP contribution in [0.1, 0.15) is 42.8 Å². The van der Waals surface area contributed by atoms with E-state index in [1.165, 1.54) is 16.2 Å². The number of esters is 1. The fourth-order valence-electron chi connectivity index (χ4n) is 2.94. The molecule has 1 atom stereocenters. The Labute approximate surface area is 163 Å². The van der Waals surface area contributed by atoms with Crippen molar-refractivity contribution in [3.63, 3.8) is 0 Å². The molecule has 0 aromatic carbocycles. The van der Waals surface area contributed by atoms with E-state index in [4.69, 9.17) is 4.74 Å². The average molecular weight is 416 g/mol. The highest BCUT2D eigenvalue weighted by Crippen LogP contribution is 2.19. The number of carbonyl (C=O) groups excluding carboxylic acids is 3. The largest absolute Gasteiger partial charge is 0.456 e. The van der Waals surface area contributed by atoms with Gasteiger partial charge in [-0.15, -0.1) is 11.3 Å². The number of sulfone groups is 1. The molecule has 150 valence electrons. The van der Waals surface area contributed by atoms with Gasteiger partial charge in [-0.2, -0.15) is 0 Å². The number of carbonyl (C=O) groups is 3. The average Bonchev–Trinajstić information content (AvgIpc) is 3.24. The van der Waals surface area contributed by atoms with Crippen LogP contribution in [0.5, 0.6) is 0 Å². The van der Waals surface area contributed by atoms with Gasteiger partial charge in [-0.25, -0.2) is 8.42 Å². The Balaban J connectivity index is 1.83. The second-order valence-corrected chi connectivity index (χ2v) is 10.2. The number of amides is 1. The maximum atomic E-state index is 12.5. The zero-order valence-electron chi connectivity index (χ0n) is 15.5. The summed E-state index contributed by atoms with van der Waals surface area (Å²) in [7, 11) is -3.12. The van der Waals surface area contributed by atoms with Crippen LogP contribution in [0.15, 0.2) is 17.5 Å². The third-order valence-electron chi connectivity index (χ3n) is 4.24. The van der Waals surface area contributed by atoms with Gasteiger partial charge in [-0.3, -0.25) is 14.4 Å². The number of Topliss-reactive ketones (excluding diaryl/α,β-unsaturated/α-hetero) is 1. The zero-order chi connectivity index (χ0) is 20.0. The molecule has 1 fully saturated rings. The summed E-state index contributed by atoms with van der Waals surface area (Å²) in [5.41, 5.74) is 0. The Bertz CT molecular complexity index is 770. The number of rotatable bonds is 9. The van der Waals surface area contributed by atoms with Crippen LogP contribution < -0.4 is 0 Å². The van der Waals surface area contributed by atoms with Crippen LogP contribution in [0, 0.1) is 5.92 Å². The van der Waals surface area contributed by atoms with Crippen LogP contribution in [0.25, 0.3) is 0 Å². The summed E-state index contributed by atoms with van der Waals surface area (Å²) in [6, 6.07) is 3.09. The lowest BCUT2D eigenvalue weighted by Gasteiger charge is -2.29. The van der Waals surface area contributed by atoms with Gasteiger partial charge < -0.3 is 9.64 Å². The molecule has 2 rings (SSSR count). The molecule has 0 saturated carbocycles. The van der Waals surface area contributed by atoms with Crippen LogP contribution in [0.4, 0.5) is 0 Å². The molecule has 27 heavy (non-hydrogen) atoms. The van der Waals surface area contributed by atoms with E-state index in [0.717, 1.165) is 0 Å². The van der Waals surface area contributed by atoms with Gasteiger partial charge in [0.1, 0.15) is 0 Å². The van der Waals surface area contributed by atoms with Crippen molar-refractivity contribution < 1.29 is 27.5 Å². The van der Waals surface area contributed by atoms with E-state index < -0.39 is 28.3 Å². The molecule has 0 aliphatic carbocycles. The number of thiophene rings is 1. The molecule has 1 aliphatic rings. The molecule has 2 heterocycles. The first-order valence-electron chi connectivity index (χ1n) is 8.90. The predicted octanol–water partition coefficient (Wildman–Crippen LogP) is 1.93. The monoisotopic (exact) mass is 415 g/mol. The Kier molecular flexibility index (Phi) is 7.55. The minimum absolute atomic E-state index is 0.0319. The summed E-state index contributed by atoms with van der Waals surface area (Å²) in [5.74, 6) is -0.957. The van der Waals surface area contributed by atoms with E-state index in [0.29, 0.717) is 17.8 Å². The standard InChI is InChI=1S/C18H25NO6S2/c1-13(2)10-19(14-7-9-27(23,24)12-14)17(21)11-25-18(22)6-5-15(20)16-4-3-8-26-16/h3-4,8,13-14H,5-7,9-12H2,1-2H3. The van der Waals surface area contributed by atoms with Crippen molar-refractivity contribution in [3.8, 4) is 0 Å². The highest BCUT2D eigenvalue weighted by atomic mass is 32.2. The Hall–Kier alpha value is -1.74. The van der Waals surface area contributed by atoms with Crippen molar-refractivity contribution in [2.45, 2.75) is 39.2 Å². The fourth-order valence-corrected chi connectivity index (χ4v) is 5.37. The summed E-state index contributed by atoms with van der Waals surface area (Å²) in [5, 5.41) is 1.79. The summed E-state index contributed by atoms with van der Waals surface area (Å²) in [6.07, 6.45) is 0.347. The number of hydrogen-bond acceptors (Lipinski definition) is 7. The molecule has 0 bridgehead atoms. The second kappa shape index (κ2) is 9.45. The smallest absolute Gasteiger partial charge is 0.306 e. The number of ether oxygens (including phenoxy) is 1. The van der Waals surface area contributed by atoms with Crippen LogP contribution >= 0.6 is 11.3 Å². The first-order chi connectivity index (χ1) is 12.7. The molecule has 1 unspecified atom stereocenters. The molecule has 0 spiro atoms. The molecule has 1 aliphatic heterocycles. The lowest BCUT2D eigenvalue weighted by Crippen LogP contribution is -2.45. The maximum Gasteiger partial charge on any atom is 0.306 e. The first-order valence-corrected chi connectivity index (χ1v) is 11.6. The van der Waals surface area contributed by atoms with Crippen molar-refractivity contribution in [1.82, 2.24) is 4.90 Å². The van der Waals surface area contributed by atoms with E-state index in [1.807, 2.05) is 13.8 Å². The molecule has 0 N–H and O–H groups in total. The van der Waals surface area contributed by atoms with Gasteiger partial charge in [-0.05, 0) is 23.8 Å². The van der Waals surface area contributed by atoms with Gasteiger partial charge in [0.25, 0.3) is 5.91 Å². The van der Waals surface area contributed by atoms with Crippen molar-refractivity contribution in [3.05, 3.63) is 22.4 Å². The SMILES string of the molecule is CC(C)CN(C(=O)COC(=O)CCC(=O)c1cccs1)C1CCS(=O)(=O)C1. The normalized spacial score (nSPS) is 18.4. The van der Waals surface area contributed by atoms with E-state index >= 15 is 0 Å². The third-order valence-corrected chi connectivity index (χ3v) is 6.90. The van der Waals surface area contributed by atoms with Crippen molar-refractivity contribution >= 4 is 38.8 Å². The Morgan fingerprint density at radius 3 is 2.59 bits per heavy atom. The molecule has 9 heteroatoms. The third kappa shape index (κ3) is 6.73. The molecule has 1 aromatic heterocycles. The first kappa shape index (κ1) is 21.6. The molecule has 1 amide bonds. The number of hydrogen-bond donors (Lipinski definition) is 0. The van der Waals surface area contributed by atoms with E-state index in [-0.39, 0.29) is 42.1 Å². The van der Waals surface area contributed by atoms with Crippen LogP contribution in [0.2, 0.25) is 0 Å². The summed E-state index contributed by atoms with van der Waals surface area (Å²) < 4.78 is 28.4. The van der Waals surface area contributed by atoms with E-state index in [9.17, 15) is 22.8 Å². The van der Waals surface area contributed by atoms with Crippen LogP contribution in [-0.4, -0.2) is 61.7 Å². The van der Waals surface area contributed by atoms with Crippen molar-refractivity contribution in [2.75, 3.05) is 24.7 Å². The lowest BCUT2D eigenvalue weighted by atomic mass is 10.1. The topological polar surface area (TPSA) is 97.8 Å². The minimum atomic E-state index is -3.12. The summed E-state index contributed by atoms with van der Waals surface area (Å²) >= 11 is 1.31. The van der Waals surface area contributed by atoms with E-state index in [1.54, 1.807) is 17.5 Å². The predicted molar refractivity (Wildman–Crippen MR) is 102 cm³/mol.